The molecule has 0 unspecified atom stereocenters. The first-order valence-electron chi connectivity index (χ1n) is 8.45. The van der Waals surface area contributed by atoms with Gasteiger partial charge in [0.2, 0.25) is 0 Å². The molecule has 0 atom stereocenters. The second-order valence-corrected chi connectivity index (χ2v) is 6.26. The van der Waals surface area contributed by atoms with E-state index in [-0.39, 0.29) is 11.7 Å². The highest BCUT2D eigenvalue weighted by Gasteiger charge is 2.13. The molecule has 1 aliphatic heterocycles. The minimum atomic E-state index is -0.196. The number of nitrogens with one attached hydrogen (secondary N) is 1. The number of carbonyl (C=O) groups is 1. The molecule has 0 spiro atoms. The Morgan fingerprint density at radius 3 is 2.50 bits per heavy atom. The summed E-state index contributed by atoms with van der Waals surface area (Å²) in [6.45, 7) is 3.91. The number of aromatic nitrogens is 1. The molecule has 2 aromatic rings. The van der Waals surface area contributed by atoms with Crippen LogP contribution in [-0.4, -0.2) is 29.1 Å². The lowest BCUT2D eigenvalue weighted by Crippen LogP contribution is -2.25. The normalized spacial score (nSPS) is 15.0. The fourth-order valence-electron chi connectivity index (χ4n) is 2.99. The number of rotatable bonds is 3. The molecule has 126 valence electrons. The summed E-state index contributed by atoms with van der Waals surface area (Å²) in [4.78, 5) is 19.1. The second-order valence-electron chi connectivity index (χ2n) is 6.26. The highest BCUT2D eigenvalue weighted by molar-refractivity contribution is 6.04. The first-order valence-corrected chi connectivity index (χ1v) is 8.45. The summed E-state index contributed by atoms with van der Waals surface area (Å²) in [5, 5.41) is 12.3. The summed E-state index contributed by atoms with van der Waals surface area (Å²) >= 11 is 0. The van der Waals surface area contributed by atoms with Gasteiger partial charge in [0.05, 0.1) is 5.56 Å². The van der Waals surface area contributed by atoms with Gasteiger partial charge in [0.1, 0.15) is 11.6 Å². The molecular formula is C19H23N3O2. The molecule has 2 N–H and O–H groups in total. The fraction of sp³-hybridized carbons (Fsp3) is 0.368. The van der Waals surface area contributed by atoms with Gasteiger partial charge in [-0.05, 0) is 55.7 Å². The third-order valence-corrected chi connectivity index (χ3v) is 4.40. The van der Waals surface area contributed by atoms with E-state index in [0.717, 1.165) is 24.5 Å². The number of phenols is 1. The Kier molecular flexibility index (Phi) is 4.99. The van der Waals surface area contributed by atoms with Crippen molar-refractivity contribution >= 4 is 17.4 Å². The Morgan fingerprint density at radius 1 is 1.12 bits per heavy atom. The standard InChI is InChI=1S/C19H23N3O2/c1-14-12-16(23)7-8-17(14)21-19(24)15-6-9-18(20-13-15)22-10-4-2-3-5-11-22/h6-9,12-13,23H,2-5,10-11H2,1H3,(H,21,24). The predicted octanol–water partition coefficient (Wildman–Crippen LogP) is 3.73. The Balaban J connectivity index is 1.69. The van der Waals surface area contributed by atoms with Crippen LogP contribution in [0.1, 0.15) is 41.6 Å². The fourth-order valence-corrected chi connectivity index (χ4v) is 2.99. The van der Waals surface area contributed by atoms with Crippen LogP contribution in [0.15, 0.2) is 36.5 Å². The maximum Gasteiger partial charge on any atom is 0.257 e. The van der Waals surface area contributed by atoms with E-state index in [2.05, 4.69) is 15.2 Å². The van der Waals surface area contributed by atoms with Crippen molar-refractivity contribution in [3.05, 3.63) is 47.7 Å². The molecule has 24 heavy (non-hydrogen) atoms. The van der Waals surface area contributed by atoms with Crippen LogP contribution in [0, 0.1) is 6.92 Å². The predicted molar refractivity (Wildman–Crippen MR) is 95.7 cm³/mol. The van der Waals surface area contributed by atoms with Crippen LogP contribution in [-0.2, 0) is 0 Å². The highest BCUT2D eigenvalue weighted by Crippen LogP contribution is 2.21. The first-order chi connectivity index (χ1) is 11.6. The van der Waals surface area contributed by atoms with Crippen LogP contribution in [0.5, 0.6) is 5.75 Å². The number of pyridine rings is 1. The van der Waals surface area contributed by atoms with Crippen LogP contribution in [0.3, 0.4) is 0 Å². The Labute approximate surface area is 142 Å². The van der Waals surface area contributed by atoms with E-state index >= 15 is 0 Å². The average molecular weight is 325 g/mol. The number of anilines is 2. The average Bonchev–Trinajstić information content (AvgIpc) is 2.87. The van der Waals surface area contributed by atoms with Gasteiger partial charge in [0.15, 0.2) is 0 Å². The molecule has 1 aromatic heterocycles. The van der Waals surface area contributed by atoms with E-state index < -0.39 is 0 Å². The van der Waals surface area contributed by atoms with Gasteiger partial charge in [-0.25, -0.2) is 4.98 Å². The van der Waals surface area contributed by atoms with Crippen molar-refractivity contribution in [2.45, 2.75) is 32.6 Å². The Hall–Kier alpha value is -2.56. The number of amides is 1. The van der Waals surface area contributed by atoms with Crippen molar-refractivity contribution in [1.29, 1.82) is 0 Å². The molecule has 0 saturated carbocycles. The lowest BCUT2D eigenvalue weighted by molar-refractivity contribution is 0.102. The Bertz CT molecular complexity index is 705. The van der Waals surface area contributed by atoms with Crippen LogP contribution < -0.4 is 10.2 Å². The zero-order valence-corrected chi connectivity index (χ0v) is 14.0. The molecule has 5 nitrogen and oxygen atoms in total. The molecule has 5 heteroatoms. The quantitative estimate of drug-likeness (QED) is 0.844. The van der Waals surface area contributed by atoms with Gasteiger partial charge in [0, 0.05) is 25.0 Å². The van der Waals surface area contributed by atoms with Gasteiger partial charge in [0.25, 0.3) is 5.91 Å². The molecule has 2 heterocycles. The molecule has 0 bridgehead atoms. The number of aryl methyl sites for hydroxylation is 1. The molecule has 1 aliphatic rings. The molecule has 1 saturated heterocycles. The van der Waals surface area contributed by atoms with Gasteiger partial charge in [-0.2, -0.15) is 0 Å². The SMILES string of the molecule is Cc1cc(O)ccc1NC(=O)c1ccc(N2CCCCCC2)nc1. The number of hydrogen-bond acceptors (Lipinski definition) is 4. The lowest BCUT2D eigenvalue weighted by atomic mass is 10.1. The van der Waals surface area contributed by atoms with Crippen molar-refractivity contribution in [2.24, 2.45) is 0 Å². The van der Waals surface area contributed by atoms with Gasteiger partial charge in [-0.1, -0.05) is 12.8 Å². The number of benzene rings is 1. The highest BCUT2D eigenvalue weighted by atomic mass is 16.3. The van der Waals surface area contributed by atoms with Gasteiger partial charge in [-0.15, -0.1) is 0 Å². The number of carbonyl (C=O) groups excluding carboxylic acids is 1. The maximum absolute atomic E-state index is 12.4. The van der Waals surface area contributed by atoms with Gasteiger partial charge < -0.3 is 15.3 Å². The summed E-state index contributed by atoms with van der Waals surface area (Å²) in [5.74, 6) is 0.932. The third kappa shape index (κ3) is 3.85. The monoisotopic (exact) mass is 325 g/mol. The largest absolute Gasteiger partial charge is 0.508 e. The van der Waals surface area contributed by atoms with Crippen molar-refractivity contribution < 1.29 is 9.90 Å². The molecular weight excluding hydrogens is 302 g/mol. The van der Waals surface area contributed by atoms with E-state index in [1.807, 2.05) is 19.1 Å². The second kappa shape index (κ2) is 7.34. The minimum Gasteiger partial charge on any atom is -0.508 e. The summed E-state index contributed by atoms with van der Waals surface area (Å²) < 4.78 is 0. The van der Waals surface area contributed by atoms with E-state index in [4.69, 9.17) is 0 Å². The molecule has 1 aromatic carbocycles. The van der Waals surface area contributed by atoms with E-state index in [0.29, 0.717) is 11.3 Å². The van der Waals surface area contributed by atoms with Crippen LogP contribution in [0.4, 0.5) is 11.5 Å². The molecule has 1 fully saturated rings. The van der Waals surface area contributed by atoms with Crippen molar-refractivity contribution in [3.8, 4) is 5.75 Å². The summed E-state index contributed by atoms with van der Waals surface area (Å²) in [5.41, 5.74) is 2.04. The Morgan fingerprint density at radius 2 is 1.88 bits per heavy atom. The van der Waals surface area contributed by atoms with E-state index in [1.54, 1.807) is 24.4 Å². The molecule has 1 amide bonds. The van der Waals surface area contributed by atoms with E-state index in [9.17, 15) is 9.90 Å². The first kappa shape index (κ1) is 16.3. The smallest absolute Gasteiger partial charge is 0.257 e. The zero-order chi connectivity index (χ0) is 16.9. The summed E-state index contributed by atoms with van der Waals surface area (Å²) in [6, 6.07) is 8.61. The van der Waals surface area contributed by atoms with Crippen molar-refractivity contribution in [1.82, 2.24) is 4.98 Å². The minimum absolute atomic E-state index is 0.189. The van der Waals surface area contributed by atoms with Crippen molar-refractivity contribution in [3.63, 3.8) is 0 Å². The zero-order valence-electron chi connectivity index (χ0n) is 14.0. The van der Waals surface area contributed by atoms with Crippen LogP contribution >= 0.6 is 0 Å². The number of aromatic hydroxyl groups is 1. The molecule has 0 aliphatic carbocycles. The van der Waals surface area contributed by atoms with Crippen LogP contribution in [0.2, 0.25) is 0 Å². The molecule has 3 rings (SSSR count). The summed E-state index contributed by atoms with van der Waals surface area (Å²) in [6.07, 6.45) is 6.59. The summed E-state index contributed by atoms with van der Waals surface area (Å²) in [7, 11) is 0. The van der Waals surface area contributed by atoms with Crippen LogP contribution in [0.25, 0.3) is 0 Å². The van der Waals surface area contributed by atoms with E-state index in [1.165, 1.54) is 25.7 Å². The topological polar surface area (TPSA) is 65.5 Å². The molecule has 0 radical (unpaired) electrons. The van der Waals surface area contributed by atoms with Crippen molar-refractivity contribution in [2.75, 3.05) is 23.3 Å². The number of phenolic OH excluding ortho intramolecular Hbond substituents is 1. The van der Waals surface area contributed by atoms with Gasteiger partial charge in [-0.3, -0.25) is 4.79 Å². The lowest BCUT2D eigenvalue weighted by Gasteiger charge is -2.21. The maximum atomic E-state index is 12.4. The third-order valence-electron chi connectivity index (χ3n) is 4.40. The number of hydrogen-bond donors (Lipinski definition) is 2. The van der Waals surface area contributed by atoms with Gasteiger partial charge >= 0.3 is 0 Å². The number of nitrogens with zero attached hydrogens (tertiary/aromatic N) is 2.